The highest BCUT2D eigenvalue weighted by Gasteiger charge is 2.29. The Morgan fingerprint density at radius 2 is 2.44 bits per heavy atom. The smallest absolute Gasteiger partial charge is 0.111 e. The molecule has 2 unspecified atom stereocenters. The molecule has 0 aromatic carbocycles. The van der Waals surface area contributed by atoms with Crippen molar-refractivity contribution in [2.24, 2.45) is 5.73 Å². The molecule has 1 fully saturated rings. The van der Waals surface area contributed by atoms with Gasteiger partial charge in [-0.25, -0.2) is 4.98 Å². The zero-order valence-corrected chi connectivity index (χ0v) is 10.7. The number of aromatic nitrogens is 1. The summed E-state index contributed by atoms with van der Waals surface area (Å²) in [4.78, 5) is 6.99. The van der Waals surface area contributed by atoms with E-state index in [2.05, 4.69) is 22.2 Å². The third-order valence-corrected chi connectivity index (χ3v) is 4.09. The van der Waals surface area contributed by atoms with E-state index in [1.165, 1.54) is 30.8 Å². The zero-order valence-electron chi connectivity index (χ0n) is 9.93. The van der Waals surface area contributed by atoms with Crippen molar-refractivity contribution >= 4 is 11.3 Å². The van der Waals surface area contributed by atoms with Gasteiger partial charge in [-0.3, -0.25) is 4.90 Å². The third-order valence-electron chi connectivity index (χ3n) is 3.25. The van der Waals surface area contributed by atoms with Crippen LogP contribution >= 0.6 is 11.3 Å². The molecule has 1 saturated heterocycles. The molecule has 1 aromatic rings. The SMILES string of the molecule is CCCN1CCCCC(N)C1c1nccs1. The largest absolute Gasteiger partial charge is 0.326 e. The number of nitrogens with zero attached hydrogens (tertiary/aromatic N) is 2. The molecule has 0 radical (unpaired) electrons. The quantitative estimate of drug-likeness (QED) is 0.880. The molecule has 0 saturated carbocycles. The van der Waals surface area contributed by atoms with Crippen LogP contribution < -0.4 is 5.73 Å². The Morgan fingerprint density at radius 1 is 1.56 bits per heavy atom. The lowest BCUT2D eigenvalue weighted by Gasteiger charge is -2.31. The number of nitrogens with two attached hydrogens (primary N) is 1. The van der Waals surface area contributed by atoms with E-state index in [4.69, 9.17) is 5.73 Å². The van der Waals surface area contributed by atoms with Crippen LogP contribution in [-0.2, 0) is 0 Å². The summed E-state index contributed by atoms with van der Waals surface area (Å²) in [7, 11) is 0. The summed E-state index contributed by atoms with van der Waals surface area (Å²) in [5.74, 6) is 0. The summed E-state index contributed by atoms with van der Waals surface area (Å²) in [6.07, 6.45) is 6.74. The van der Waals surface area contributed by atoms with Crippen molar-refractivity contribution in [3.05, 3.63) is 16.6 Å². The molecule has 0 amide bonds. The second-order valence-electron chi connectivity index (χ2n) is 4.51. The van der Waals surface area contributed by atoms with Crippen molar-refractivity contribution in [3.8, 4) is 0 Å². The van der Waals surface area contributed by atoms with E-state index >= 15 is 0 Å². The van der Waals surface area contributed by atoms with Crippen molar-refractivity contribution in [1.82, 2.24) is 9.88 Å². The van der Waals surface area contributed by atoms with Gasteiger partial charge in [0, 0.05) is 17.6 Å². The second-order valence-corrected chi connectivity index (χ2v) is 5.44. The van der Waals surface area contributed by atoms with E-state index in [1.54, 1.807) is 11.3 Å². The van der Waals surface area contributed by atoms with Gasteiger partial charge in [0.25, 0.3) is 0 Å². The second kappa shape index (κ2) is 5.75. The van der Waals surface area contributed by atoms with E-state index in [0.29, 0.717) is 6.04 Å². The monoisotopic (exact) mass is 239 g/mol. The van der Waals surface area contributed by atoms with Crippen molar-refractivity contribution < 1.29 is 0 Å². The Hall–Kier alpha value is -0.450. The van der Waals surface area contributed by atoms with Gasteiger partial charge in [0.2, 0.25) is 0 Å². The zero-order chi connectivity index (χ0) is 11.4. The van der Waals surface area contributed by atoms with Gasteiger partial charge < -0.3 is 5.73 Å². The highest BCUT2D eigenvalue weighted by atomic mass is 32.1. The molecule has 1 aliphatic heterocycles. The molecule has 2 N–H and O–H groups in total. The molecular formula is C12H21N3S. The molecule has 1 aliphatic rings. The first-order valence-corrected chi connectivity index (χ1v) is 7.10. The summed E-state index contributed by atoms with van der Waals surface area (Å²) in [6, 6.07) is 0.600. The van der Waals surface area contributed by atoms with E-state index in [-0.39, 0.29) is 6.04 Å². The van der Waals surface area contributed by atoms with Gasteiger partial charge >= 0.3 is 0 Å². The van der Waals surface area contributed by atoms with Crippen LogP contribution in [0.5, 0.6) is 0 Å². The minimum Gasteiger partial charge on any atom is -0.326 e. The van der Waals surface area contributed by atoms with E-state index in [0.717, 1.165) is 13.0 Å². The minimum absolute atomic E-state index is 0.250. The molecule has 4 heteroatoms. The lowest BCUT2D eigenvalue weighted by atomic mass is 10.0. The Balaban J connectivity index is 2.19. The summed E-state index contributed by atoms with van der Waals surface area (Å²) >= 11 is 1.74. The Kier molecular flexibility index (Phi) is 4.32. The highest BCUT2D eigenvalue weighted by molar-refractivity contribution is 7.09. The lowest BCUT2D eigenvalue weighted by Crippen LogP contribution is -2.40. The molecule has 2 rings (SSSR count). The fourth-order valence-electron chi connectivity index (χ4n) is 2.52. The van der Waals surface area contributed by atoms with Crippen molar-refractivity contribution in [2.75, 3.05) is 13.1 Å². The molecule has 2 heterocycles. The Labute approximate surface area is 102 Å². The molecule has 0 bridgehead atoms. The van der Waals surface area contributed by atoms with E-state index < -0.39 is 0 Å². The summed E-state index contributed by atoms with van der Waals surface area (Å²) in [5, 5.41) is 3.25. The molecule has 16 heavy (non-hydrogen) atoms. The summed E-state index contributed by atoms with van der Waals surface area (Å²) in [6.45, 7) is 4.54. The lowest BCUT2D eigenvalue weighted by molar-refractivity contribution is 0.185. The molecular weight excluding hydrogens is 218 g/mol. The van der Waals surface area contributed by atoms with Crippen LogP contribution in [0.2, 0.25) is 0 Å². The maximum absolute atomic E-state index is 6.32. The maximum Gasteiger partial charge on any atom is 0.111 e. The predicted octanol–water partition coefficient (Wildman–Crippen LogP) is 2.41. The van der Waals surface area contributed by atoms with Crippen LogP contribution in [0.15, 0.2) is 11.6 Å². The van der Waals surface area contributed by atoms with Crippen molar-refractivity contribution in [2.45, 2.75) is 44.7 Å². The first-order valence-electron chi connectivity index (χ1n) is 6.22. The molecule has 90 valence electrons. The third kappa shape index (κ3) is 2.62. The summed E-state index contributed by atoms with van der Waals surface area (Å²) < 4.78 is 0. The fraction of sp³-hybridized carbons (Fsp3) is 0.750. The fourth-order valence-corrected chi connectivity index (χ4v) is 3.37. The first kappa shape index (κ1) is 12.0. The van der Waals surface area contributed by atoms with Crippen LogP contribution in [-0.4, -0.2) is 29.0 Å². The number of rotatable bonds is 3. The van der Waals surface area contributed by atoms with Gasteiger partial charge in [-0.1, -0.05) is 13.3 Å². The van der Waals surface area contributed by atoms with Gasteiger partial charge in [0.1, 0.15) is 5.01 Å². The van der Waals surface area contributed by atoms with Crippen LogP contribution in [0, 0.1) is 0 Å². The molecule has 2 atom stereocenters. The molecule has 0 spiro atoms. The number of hydrogen-bond acceptors (Lipinski definition) is 4. The predicted molar refractivity (Wildman–Crippen MR) is 68.5 cm³/mol. The normalized spacial score (nSPS) is 27.9. The number of likely N-dealkylation sites (tertiary alicyclic amines) is 1. The van der Waals surface area contributed by atoms with Crippen molar-refractivity contribution in [1.29, 1.82) is 0 Å². The number of thiazole rings is 1. The average Bonchev–Trinajstić information content (AvgIpc) is 2.72. The van der Waals surface area contributed by atoms with Crippen LogP contribution in [0.3, 0.4) is 0 Å². The van der Waals surface area contributed by atoms with Gasteiger partial charge in [-0.05, 0) is 32.4 Å². The van der Waals surface area contributed by atoms with Crippen molar-refractivity contribution in [3.63, 3.8) is 0 Å². The van der Waals surface area contributed by atoms with Gasteiger partial charge in [0.05, 0.1) is 6.04 Å². The Morgan fingerprint density at radius 3 is 3.12 bits per heavy atom. The minimum atomic E-state index is 0.250. The van der Waals surface area contributed by atoms with Crippen LogP contribution in [0.4, 0.5) is 0 Å². The van der Waals surface area contributed by atoms with Gasteiger partial charge in [-0.15, -0.1) is 11.3 Å². The molecule has 1 aromatic heterocycles. The maximum atomic E-state index is 6.32. The standard InChI is InChI=1S/C12H21N3S/c1-2-7-15-8-4-3-5-10(13)11(15)12-14-6-9-16-12/h6,9-11H,2-5,7-8,13H2,1H3. The first-order chi connectivity index (χ1) is 7.83. The van der Waals surface area contributed by atoms with Gasteiger partial charge in [-0.2, -0.15) is 0 Å². The average molecular weight is 239 g/mol. The topological polar surface area (TPSA) is 42.1 Å². The molecule has 0 aliphatic carbocycles. The summed E-state index contributed by atoms with van der Waals surface area (Å²) in [5.41, 5.74) is 6.32. The number of hydrogen-bond donors (Lipinski definition) is 1. The molecule has 3 nitrogen and oxygen atoms in total. The van der Waals surface area contributed by atoms with E-state index in [1.807, 2.05) is 6.20 Å². The Bertz CT molecular complexity index is 299. The van der Waals surface area contributed by atoms with Crippen LogP contribution in [0.25, 0.3) is 0 Å². The van der Waals surface area contributed by atoms with Crippen LogP contribution in [0.1, 0.15) is 43.7 Å². The van der Waals surface area contributed by atoms with Gasteiger partial charge in [0.15, 0.2) is 0 Å². The van der Waals surface area contributed by atoms with E-state index in [9.17, 15) is 0 Å². The highest BCUT2D eigenvalue weighted by Crippen LogP contribution is 2.30.